The van der Waals surface area contributed by atoms with Crippen molar-refractivity contribution in [2.24, 2.45) is 5.41 Å². The van der Waals surface area contributed by atoms with Gasteiger partial charge in [0.15, 0.2) is 0 Å². The molecule has 0 aliphatic rings. The third kappa shape index (κ3) is 13.7. The van der Waals surface area contributed by atoms with Gasteiger partial charge in [-0.25, -0.2) is 0 Å². The predicted molar refractivity (Wildman–Crippen MR) is 112 cm³/mol. The summed E-state index contributed by atoms with van der Waals surface area (Å²) in [5, 5.41) is 0. The first-order valence-electron chi connectivity index (χ1n) is 11.3. The Labute approximate surface area is 167 Å². The van der Waals surface area contributed by atoms with Gasteiger partial charge in [0.1, 0.15) is 13.2 Å². The quantitative estimate of drug-likeness (QED) is 0.197. The first kappa shape index (κ1) is 25.9. The summed E-state index contributed by atoms with van der Waals surface area (Å²) in [5.74, 6) is -0.250. The SMILES string of the molecule is CCCCCCCC(=O)OCC(CC)(CC)COC(=O)CCCCCCC. The molecular formula is C23H44O4. The zero-order valence-corrected chi connectivity index (χ0v) is 18.4. The molecule has 0 aliphatic carbocycles. The predicted octanol–water partition coefficient (Wildman–Crippen LogP) is 6.60. The fraction of sp³-hybridized carbons (Fsp3) is 0.913. The number of unbranched alkanes of at least 4 members (excludes halogenated alkanes) is 8. The molecule has 0 spiro atoms. The smallest absolute Gasteiger partial charge is 0.305 e. The van der Waals surface area contributed by atoms with Crippen LogP contribution < -0.4 is 0 Å². The van der Waals surface area contributed by atoms with E-state index in [2.05, 4.69) is 27.7 Å². The molecule has 4 heteroatoms. The highest BCUT2D eigenvalue weighted by atomic mass is 16.5. The number of esters is 2. The van der Waals surface area contributed by atoms with Crippen molar-refractivity contribution in [3.8, 4) is 0 Å². The maximum Gasteiger partial charge on any atom is 0.305 e. The molecule has 0 aromatic carbocycles. The number of carbonyl (C=O) groups excluding carboxylic acids is 2. The van der Waals surface area contributed by atoms with Crippen LogP contribution in [-0.4, -0.2) is 25.2 Å². The van der Waals surface area contributed by atoms with Gasteiger partial charge in [-0.1, -0.05) is 79.1 Å². The first-order chi connectivity index (χ1) is 13.0. The summed E-state index contributed by atoms with van der Waals surface area (Å²) in [6.07, 6.45) is 13.9. The average Bonchev–Trinajstić information content (AvgIpc) is 2.68. The van der Waals surface area contributed by atoms with Crippen LogP contribution in [0.4, 0.5) is 0 Å². The van der Waals surface area contributed by atoms with E-state index < -0.39 is 0 Å². The zero-order valence-electron chi connectivity index (χ0n) is 18.4. The number of hydrogen-bond donors (Lipinski definition) is 0. The molecule has 0 bridgehead atoms. The van der Waals surface area contributed by atoms with E-state index in [1.165, 1.54) is 38.5 Å². The van der Waals surface area contributed by atoms with E-state index in [1.807, 2.05) is 0 Å². The molecule has 0 amide bonds. The van der Waals surface area contributed by atoms with Crippen LogP contribution in [0.2, 0.25) is 0 Å². The molecule has 0 rings (SSSR count). The van der Waals surface area contributed by atoms with Gasteiger partial charge in [-0.3, -0.25) is 9.59 Å². The van der Waals surface area contributed by atoms with Gasteiger partial charge in [0.2, 0.25) is 0 Å². The molecule has 160 valence electrons. The Balaban J connectivity index is 4.11. The molecule has 4 nitrogen and oxygen atoms in total. The van der Waals surface area contributed by atoms with Gasteiger partial charge in [0.25, 0.3) is 0 Å². The van der Waals surface area contributed by atoms with Crippen molar-refractivity contribution in [1.29, 1.82) is 0 Å². The maximum atomic E-state index is 12.0. The van der Waals surface area contributed by atoms with Crippen molar-refractivity contribution in [2.75, 3.05) is 13.2 Å². The lowest BCUT2D eigenvalue weighted by Gasteiger charge is -2.30. The highest BCUT2D eigenvalue weighted by Gasteiger charge is 2.30. The minimum Gasteiger partial charge on any atom is -0.465 e. The number of hydrogen-bond acceptors (Lipinski definition) is 4. The molecule has 0 radical (unpaired) electrons. The summed E-state index contributed by atoms with van der Waals surface area (Å²) >= 11 is 0. The van der Waals surface area contributed by atoms with Crippen molar-refractivity contribution < 1.29 is 19.1 Å². The van der Waals surface area contributed by atoms with Crippen molar-refractivity contribution in [3.05, 3.63) is 0 Å². The molecule has 0 heterocycles. The maximum absolute atomic E-state index is 12.0. The van der Waals surface area contributed by atoms with Gasteiger partial charge in [-0.05, 0) is 25.7 Å². The van der Waals surface area contributed by atoms with Crippen LogP contribution in [0.1, 0.15) is 118 Å². The van der Waals surface area contributed by atoms with E-state index in [9.17, 15) is 9.59 Å². The molecule has 0 fully saturated rings. The molecule has 0 unspecified atom stereocenters. The number of rotatable bonds is 18. The van der Waals surface area contributed by atoms with Crippen LogP contribution in [-0.2, 0) is 19.1 Å². The van der Waals surface area contributed by atoms with Crippen molar-refractivity contribution in [3.63, 3.8) is 0 Å². The van der Waals surface area contributed by atoms with Crippen LogP contribution in [0.15, 0.2) is 0 Å². The highest BCUT2D eigenvalue weighted by Crippen LogP contribution is 2.28. The number of ether oxygens (including phenoxy) is 2. The molecule has 0 saturated heterocycles. The summed E-state index contributed by atoms with van der Waals surface area (Å²) in [6.45, 7) is 9.20. The van der Waals surface area contributed by atoms with Gasteiger partial charge in [-0.15, -0.1) is 0 Å². The van der Waals surface area contributed by atoms with Gasteiger partial charge in [-0.2, -0.15) is 0 Å². The normalized spacial score (nSPS) is 11.4. The molecular weight excluding hydrogens is 340 g/mol. The van der Waals surface area contributed by atoms with Crippen LogP contribution in [0, 0.1) is 5.41 Å². The van der Waals surface area contributed by atoms with Crippen LogP contribution >= 0.6 is 0 Å². The van der Waals surface area contributed by atoms with E-state index in [1.54, 1.807) is 0 Å². The summed E-state index contributed by atoms with van der Waals surface area (Å²) < 4.78 is 11.0. The first-order valence-corrected chi connectivity index (χ1v) is 11.3. The van der Waals surface area contributed by atoms with Crippen molar-refractivity contribution in [1.82, 2.24) is 0 Å². The van der Waals surface area contributed by atoms with Crippen molar-refractivity contribution in [2.45, 2.75) is 118 Å². The van der Waals surface area contributed by atoms with E-state index in [0.29, 0.717) is 26.1 Å². The lowest BCUT2D eigenvalue weighted by atomic mass is 9.84. The van der Waals surface area contributed by atoms with Crippen LogP contribution in [0.25, 0.3) is 0 Å². The van der Waals surface area contributed by atoms with Crippen LogP contribution in [0.5, 0.6) is 0 Å². The molecule has 0 atom stereocenters. The second kappa shape index (κ2) is 17.1. The zero-order chi connectivity index (χ0) is 20.4. The lowest BCUT2D eigenvalue weighted by Crippen LogP contribution is -2.33. The topological polar surface area (TPSA) is 52.6 Å². The molecule has 27 heavy (non-hydrogen) atoms. The monoisotopic (exact) mass is 384 g/mol. The van der Waals surface area contributed by atoms with Crippen LogP contribution in [0.3, 0.4) is 0 Å². The summed E-state index contributed by atoms with van der Waals surface area (Å²) in [4.78, 5) is 24.0. The van der Waals surface area contributed by atoms with Gasteiger partial charge >= 0.3 is 11.9 Å². The summed E-state index contributed by atoms with van der Waals surface area (Å²) in [5.41, 5.74) is -0.254. The Bertz CT molecular complexity index is 343. The van der Waals surface area contributed by atoms with Crippen molar-refractivity contribution >= 4 is 11.9 Å². The Morgan fingerprint density at radius 2 is 0.963 bits per heavy atom. The van der Waals surface area contributed by atoms with E-state index in [4.69, 9.17) is 9.47 Å². The third-order valence-electron chi connectivity index (χ3n) is 5.55. The third-order valence-corrected chi connectivity index (χ3v) is 5.55. The molecule has 0 N–H and O–H groups in total. The van der Waals surface area contributed by atoms with E-state index in [-0.39, 0.29) is 17.4 Å². The summed E-state index contributed by atoms with van der Waals surface area (Å²) in [6, 6.07) is 0. The Morgan fingerprint density at radius 1 is 0.593 bits per heavy atom. The van der Waals surface area contributed by atoms with Gasteiger partial charge < -0.3 is 9.47 Å². The highest BCUT2D eigenvalue weighted by molar-refractivity contribution is 5.69. The Morgan fingerprint density at radius 3 is 1.30 bits per heavy atom. The fourth-order valence-corrected chi connectivity index (χ4v) is 3.06. The molecule has 0 aliphatic heterocycles. The lowest BCUT2D eigenvalue weighted by molar-refractivity contribution is -0.154. The Hall–Kier alpha value is -1.06. The van der Waals surface area contributed by atoms with Gasteiger partial charge in [0.05, 0.1) is 0 Å². The second-order valence-corrected chi connectivity index (χ2v) is 7.86. The summed E-state index contributed by atoms with van der Waals surface area (Å²) in [7, 11) is 0. The number of carbonyl (C=O) groups is 2. The fourth-order valence-electron chi connectivity index (χ4n) is 3.06. The Kier molecular flexibility index (Phi) is 16.4. The molecule has 0 saturated carbocycles. The second-order valence-electron chi connectivity index (χ2n) is 7.86. The molecule has 0 aromatic heterocycles. The minimum atomic E-state index is -0.254. The van der Waals surface area contributed by atoms with Gasteiger partial charge in [0, 0.05) is 18.3 Å². The standard InChI is InChI=1S/C23H44O4/c1-5-9-11-13-15-17-21(24)26-19-23(7-3,8-4)20-27-22(25)18-16-14-12-10-6-2/h5-20H2,1-4H3. The average molecular weight is 385 g/mol. The van der Waals surface area contributed by atoms with E-state index >= 15 is 0 Å². The largest absolute Gasteiger partial charge is 0.465 e. The molecule has 0 aromatic rings. The van der Waals surface area contributed by atoms with E-state index in [0.717, 1.165) is 38.5 Å². The minimum absolute atomic E-state index is 0.125.